The lowest BCUT2D eigenvalue weighted by Gasteiger charge is -2.10. The fourth-order valence-electron chi connectivity index (χ4n) is 3.28. The van der Waals surface area contributed by atoms with Crippen LogP contribution < -0.4 is 5.32 Å². The summed E-state index contributed by atoms with van der Waals surface area (Å²) < 4.78 is 7.65. The Bertz CT molecular complexity index is 1210. The van der Waals surface area contributed by atoms with Gasteiger partial charge in [-0.05, 0) is 36.4 Å². The van der Waals surface area contributed by atoms with Gasteiger partial charge in [0.05, 0.1) is 29.5 Å². The van der Waals surface area contributed by atoms with E-state index in [-0.39, 0.29) is 0 Å². The molecule has 29 heavy (non-hydrogen) atoms. The molecule has 0 atom stereocenters. The molecule has 1 N–H and O–H groups in total. The molecule has 0 radical (unpaired) electrons. The van der Waals surface area contributed by atoms with Crippen molar-refractivity contribution in [1.82, 2.24) is 19.5 Å². The van der Waals surface area contributed by atoms with E-state index in [0.29, 0.717) is 6.54 Å². The molecule has 0 bridgehead atoms. The average Bonchev–Trinajstić information content (AvgIpc) is 3.51. The minimum atomic E-state index is 0.601. The van der Waals surface area contributed by atoms with Crippen molar-refractivity contribution >= 4 is 28.3 Å². The van der Waals surface area contributed by atoms with Gasteiger partial charge in [0.1, 0.15) is 0 Å². The van der Waals surface area contributed by atoms with Crippen molar-refractivity contribution in [3.63, 3.8) is 0 Å². The molecule has 0 saturated heterocycles. The third kappa shape index (κ3) is 3.77. The van der Waals surface area contributed by atoms with Crippen molar-refractivity contribution in [2.45, 2.75) is 19.5 Å². The van der Waals surface area contributed by atoms with Gasteiger partial charge >= 0.3 is 0 Å². The van der Waals surface area contributed by atoms with Crippen LogP contribution >= 0.6 is 11.3 Å². The highest BCUT2D eigenvalue weighted by atomic mass is 32.1. The first-order valence-corrected chi connectivity index (χ1v) is 10.3. The Balaban J connectivity index is 1.36. The Morgan fingerprint density at radius 3 is 2.76 bits per heavy atom. The standard InChI is InChI=1S/C22H19N5OS/c1-2-8-19-18(7-1)26-22(27(19)12-10-16-6-3-4-11-23-16)24-14-17-15-29-21(25-17)20-9-5-13-28-20/h1-9,11,13,15H,10,12,14H2,(H,24,26). The Hall–Kier alpha value is -3.45. The summed E-state index contributed by atoms with van der Waals surface area (Å²) in [6, 6.07) is 18.0. The minimum absolute atomic E-state index is 0.601. The normalized spacial score (nSPS) is 11.2. The van der Waals surface area contributed by atoms with Crippen LogP contribution in [0.25, 0.3) is 21.8 Å². The fraction of sp³-hybridized carbons (Fsp3) is 0.136. The zero-order valence-electron chi connectivity index (χ0n) is 15.7. The average molecular weight is 401 g/mol. The van der Waals surface area contributed by atoms with E-state index in [1.54, 1.807) is 17.6 Å². The van der Waals surface area contributed by atoms with Gasteiger partial charge in [-0.15, -0.1) is 11.3 Å². The molecule has 4 heterocycles. The number of aryl methyl sites for hydroxylation is 2. The van der Waals surface area contributed by atoms with Gasteiger partial charge in [0.25, 0.3) is 0 Å². The topological polar surface area (TPSA) is 68.8 Å². The molecule has 5 aromatic rings. The minimum Gasteiger partial charge on any atom is -0.462 e. The quantitative estimate of drug-likeness (QED) is 0.415. The molecule has 0 fully saturated rings. The number of pyridine rings is 1. The SMILES string of the molecule is c1ccc(CCn2c(NCc3csc(-c4ccco4)n3)nc3ccccc32)nc1. The van der Waals surface area contributed by atoms with E-state index in [0.717, 1.165) is 52.1 Å². The van der Waals surface area contributed by atoms with Crippen molar-refractivity contribution < 1.29 is 4.42 Å². The molecule has 0 amide bonds. The summed E-state index contributed by atoms with van der Waals surface area (Å²) in [5.41, 5.74) is 4.12. The molecule has 6 nitrogen and oxygen atoms in total. The van der Waals surface area contributed by atoms with Gasteiger partial charge in [-0.2, -0.15) is 0 Å². The number of hydrogen-bond acceptors (Lipinski definition) is 6. The smallest absolute Gasteiger partial charge is 0.204 e. The van der Waals surface area contributed by atoms with Crippen LogP contribution in [0.15, 0.2) is 76.9 Å². The molecule has 0 spiro atoms. The molecule has 0 unspecified atom stereocenters. The summed E-state index contributed by atoms with van der Waals surface area (Å²) in [5.74, 6) is 1.64. The number of anilines is 1. The van der Waals surface area contributed by atoms with Crippen molar-refractivity contribution in [2.24, 2.45) is 0 Å². The van der Waals surface area contributed by atoms with Crippen LogP contribution in [-0.2, 0) is 19.5 Å². The number of aromatic nitrogens is 4. The monoisotopic (exact) mass is 401 g/mol. The molecule has 0 aliphatic rings. The number of benzene rings is 1. The molecule has 0 aliphatic carbocycles. The van der Waals surface area contributed by atoms with E-state index in [1.165, 1.54) is 0 Å². The summed E-state index contributed by atoms with van der Waals surface area (Å²) in [6.45, 7) is 1.40. The van der Waals surface area contributed by atoms with Gasteiger partial charge in [0.15, 0.2) is 10.8 Å². The van der Waals surface area contributed by atoms with Crippen LogP contribution in [0.4, 0.5) is 5.95 Å². The second kappa shape index (κ2) is 7.89. The van der Waals surface area contributed by atoms with E-state index in [4.69, 9.17) is 9.40 Å². The van der Waals surface area contributed by atoms with Gasteiger partial charge in [-0.1, -0.05) is 18.2 Å². The highest BCUT2D eigenvalue weighted by Crippen LogP contribution is 2.25. The first-order valence-electron chi connectivity index (χ1n) is 9.44. The number of para-hydroxylation sites is 2. The van der Waals surface area contributed by atoms with Crippen molar-refractivity contribution in [1.29, 1.82) is 0 Å². The van der Waals surface area contributed by atoms with Gasteiger partial charge in [-0.3, -0.25) is 4.98 Å². The van der Waals surface area contributed by atoms with Crippen molar-refractivity contribution in [3.8, 4) is 10.8 Å². The molecule has 144 valence electrons. The van der Waals surface area contributed by atoms with Gasteiger partial charge in [-0.25, -0.2) is 9.97 Å². The maximum absolute atomic E-state index is 5.43. The molecule has 4 aromatic heterocycles. The van der Waals surface area contributed by atoms with Crippen LogP contribution in [0.3, 0.4) is 0 Å². The van der Waals surface area contributed by atoms with Crippen LogP contribution in [0.1, 0.15) is 11.4 Å². The summed E-state index contributed by atoms with van der Waals surface area (Å²) in [7, 11) is 0. The number of fused-ring (bicyclic) bond motifs is 1. The lowest BCUT2D eigenvalue weighted by Crippen LogP contribution is -2.10. The number of nitrogens with one attached hydrogen (secondary N) is 1. The molecular formula is C22H19N5OS. The first kappa shape index (κ1) is 17.6. The number of furan rings is 1. The number of thiazole rings is 1. The summed E-state index contributed by atoms with van der Waals surface area (Å²) in [4.78, 5) is 13.9. The predicted octanol–water partition coefficient (Wildman–Crippen LogP) is 5.00. The van der Waals surface area contributed by atoms with E-state index in [1.807, 2.05) is 54.0 Å². The highest BCUT2D eigenvalue weighted by Gasteiger charge is 2.12. The molecule has 7 heteroatoms. The number of rotatable bonds is 7. The second-order valence-corrected chi connectivity index (χ2v) is 7.48. The Labute approximate surface area is 171 Å². The Morgan fingerprint density at radius 2 is 1.90 bits per heavy atom. The summed E-state index contributed by atoms with van der Waals surface area (Å²) >= 11 is 1.58. The van der Waals surface area contributed by atoms with Crippen LogP contribution in [-0.4, -0.2) is 19.5 Å². The van der Waals surface area contributed by atoms with Gasteiger partial charge in [0, 0.05) is 30.2 Å². The lowest BCUT2D eigenvalue weighted by molar-refractivity contribution is 0.581. The second-order valence-electron chi connectivity index (χ2n) is 6.62. The van der Waals surface area contributed by atoms with E-state index < -0.39 is 0 Å². The molecular weight excluding hydrogens is 382 g/mol. The van der Waals surface area contributed by atoms with Crippen LogP contribution in [0.2, 0.25) is 0 Å². The third-order valence-electron chi connectivity index (χ3n) is 4.68. The van der Waals surface area contributed by atoms with Crippen molar-refractivity contribution in [3.05, 3.63) is 83.8 Å². The zero-order chi connectivity index (χ0) is 19.5. The summed E-state index contributed by atoms with van der Waals surface area (Å²) in [5, 5.41) is 6.39. The molecule has 0 saturated carbocycles. The van der Waals surface area contributed by atoms with Gasteiger partial charge in [0.2, 0.25) is 5.95 Å². The molecule has 5 rings (SSSR count). The Kier molecular flexibility index (Phi) is 4.80. The number of hydrogen-bond donors (Lipinski definition) is 1. The zero-order valence-corrected chi connectivity index (χ0v) is 16.5. The largest absolute Gasteiger partial charge is 0.462 e. The maximum Gasteiger partial charge on any atom is 0.204 e. The molecule has 1 aromatic carbocycles. The highest BCUT2D eigenvalue weighted by molar-refractivity contribution is 7.13. The van der Waals surface area contributed by atoms with Crippen molar-refractivity contribution in [2.75, 3.05) is 5.32 Å². The number of imidazole rings is 1. The van der Waals surface area contributed by atoms with E-state index in [2.05, 4.69) is 32.0 Å². The first-order chi connectivity index (χ1) is 14.4. The van der Waals surface area contributed by atoms with E-state index in [9.17, 15) is 0 Å². The lowest BCUT2D eigenvalue weighted by atomic mass is 10.2. The number of nitrogens with zero attached hydrogens (tertiary/aromatic N) is 4. The van der Waals surface area contributed by atoms with E-state index >= 15 is 0 Å². The third-order valence-corrected chi connectivity index (χ3v) is 5.59. The summed E-state index contributed by atoms with van der Waals surface area (Å²) in [6.07, 6.45) is 4.34. The Morgan fingerprint density at radius 1 is 0.966 bits per heavy atom. The van der Waals surface area contributed by atoms with Crippen LogP contribution in [0, 0.1) is 0 Å². The molecule has 0 aliphatic heterocycles. The van der Waals surface area contributed by atoms with Crippen LogP contribution in [0.5, 0.6) is 0 Å². The maximum atomic E-state index is 5.43. The van der Waals surface area contributed by atoms with Gasteiger partial charge < -0.3 is 14.3 Å². The fourth-order valence-corrected chi connectivity index (χ4v) is 4.07. The predicted molar refractivity (Wildman–Crippen MR) is 115 cm³/mol.